The van der Waals surface area contributed by atoms with E-state index in [0.29, 0.717) is 43.2 Å². The van der Waals surface area contributed by atoms with Crippen molar-refractivity contribution in [3.63, 3.8) is 0 Å². The van der Waals surface area contributed by atoms with Crippen molar-refractivity contribution in [1.29, 1.82) is 0 Å². The first-order valence-electron chi connectivity index (χ1n) is 13.9. The van der Waals surface area contributed by atoms with E-state index in [0.717, 1.165) is 29.5 Å². The summed E-state index contributed by atoms with van der Waals surface area (Å²) >= 11 is 6.35. The number of nitrogens with one attached hydrogen (secondary N) is 1. The molecule has 1 heterocycles. The summed E-state index contributed by atoms with van der Waals surface area (Å²) in [4.78, 5) is 29.5. The number of esters is 1. The zero-order valence-corrected chi connectivity index (χ0v) is 25.4. The molecule has 0 radical (unpaired) electrons. The quantitative estimate of drug-likeness (QED) is 0.307. The number of unbranched alkanes of at least 4 members (excludes halogenated alkanes) is 1. The molecule has 1 amide bonds. The molecule has 0 spiro atoms. The number of amides is 1. The van der Waals surface area contributed by atoms with E-state index in [1.807, 2.05) is 58.3 Å². The number of hydrogen-bond donors (Lipinski definition) is 1. The molecule has 1 aromatic rings. The van der Waals surface area contributed by atoms with Crippen LogP contribution in [0.3, 0.4) is 0 Å². The van der Waals surface area contributed by atoms with Crippen molar-refractivity contribution in [2.45, 2.75) is 71.9 Å². The van der Waals surface area contributed by atoms with Crippen molar-refractivity contribution in [3.05, 3.63) is 63.8 Å². The maximum atomic E-state index is 12.8. The molecule has 1 aliphatic heterocycles. The lowest BCUT2D eigenvalue weighted by Crippen LogP contribution is -2.50. The third kappa shape index (κ3) is 10.0. The summed E-state index contributed by atoms with van der Waals surface area (Å²) in [6.45, 7) is 12.5. The van der Waals surface area contributed by atoms with E-state index in [-0.39, 0.29) is 18.1 Å². The maximum Gasteiger partial charge on any atom is 0.410 e. The van der Waals surface area contributed by atoms with E-state index < -0.39 is 5.60 Å². The number of halogens is 1. The van der Waals surface area contributed by atoms with Crippen LogP contribution < -0.4 is 5.32 Å². The minimum Gasteiger partial charge on any atom is -0.465 e. The number of ether oxygens (including phenoxy) is 2. The Kier molecular flexibility index (Phi) is 13.1. The second kappa shape index (κ2) is 15.7. The van der Waals surface area contributed by atoms with E-state index in [1.54, 1.807) is 4.90 Å². The molecule has 0 bridgehead atoms. The Hall–Kier alpha value is -2.77. The molecule has 39 heavy (non-hydrogen) atoms. The SMILES string of the molecule is CCC.CN/C=C\CC/C=C1\CC(N2CCN(C(=O)OC(C)(C)C)CC2)c2ccc(Cl)cc2C=C1C(=O)OC. The molecule has 0 aromatic heterocycles. The average molecular weight is 560 g/mol. The van der Waals surface area contributed by atoms with Crippen molar-refractivity contribution < 1.29 is 19.1 Å². The zero-order chi connectivity index (χ0) is 29.0. The van der Waals surface area contributed by atoms with Gasteiger partial charge in [0.2, 0.25) is 0 Å². The van der Waals surface area contributed by atoms with Crippen molar-refractivity contribution >= 4 is 29.7 Å². The van der Waals surface area contributed by atoms with Crippen LogP contribution in [0.2, 0.25) is 5.02 Å². The third-order valence-corrected chi connectivity index (χ3v) is 6.52. The highest BCUT2D eigenvalue weighted by Crippen LogP contribution is 2.39. The van der Waals surface area contributed by atoms with Crippen LogP contribution >= 0.6 is 11.6 Å². The first-order chi connectivity index (χ1) is 18.5. The number of methoxy groups -OCH3 is 1. The molecular weight excluding hydrogens is 514 g/mol. The molecule has 1 aromatic carbocycles. The largest absolute Gasteiger partial charge is 0.465 e. The highest BCUT2D eigenvalue weighted by atomic mass is 35.5. The molecule has 1 aliphatic carbocycles. The number of carbonyl (C=O) groups excluding carboxylic acids is 2. The van der Waals surface area contributed by atoms with Gasteiger partial charge in [-0.3, -0.25) is 4.90 Å². The van der Waals surface area contributed by atoms with E-state index in [1.165, 1.54) is 13.5 Å². The number of carbonyl (C=O) groups is 2. The van der Waals surface area contributed by atoms with Crippen LogP contribution in [0.1, 0.15) is 77.5 Å². The summed E-state index contributed by atoms with van der Waals surface area (Å²) in [5, 5.41) is 3.62. The number of allylic oxidation sites excluding steroid dienone is 2. The van der Waals surface area contributed by atoms with Crippen LogP contribution in [0, 0.1) is 0 Å². The topological polar surface area (TPSA) is 71.1 Å². The third-order valence-electron chi connectivity index (χ3n) is 6.29. The summed E-state index contributed by atoms with van der Waals surface area (Å²) in [6.07, 6.45) is 11.3. The van der Waals surface area contributed by atoms with Crippen molar-refractivity contribution in [2.24, 2.45) is 0 Å². The number of nitrogens with zero attached hydrogens (tertiary/aromatic N) is 2. The van der Waals surface area contributed by atoms with Gasteiger partial charge in [0.1, 0.15) is 5.60 Å². The van der Waals surface area contributed by atoms with E-state index >= 15 is 0 Å². The molecule has 1 fully saturated rings. The molecule has 1 atom stereocenters. The van der Waals surface area contributed by atoms with Gasteiger partial charge in [-0.15, -0.1) is 0 Å². The van der Waals surface area contributed by atoms with Gasteiger partial charge in [-0.2, -0.15) is 0 Å². The molecule has 3 rings (SSSR count). The number of rotatable bonds is 6. The molecular formula is C31H46ClN3O4. The highest BCUT2D eigenvalue weighted by molar-refractivity contribution is 6.30. The molecule has 1 saturated heterocycles. The number of fused-ring (bicyclic) bond motifs is 1. The summed E-state index contributed by atoms with van der Waals surface area (Å²) in [5.41, 5.74) is 3.04. The molecule has 0 saturated carbocycles. The van der Waals surface area contributed by atoms with Gasteiger partial charge >= 0.3 is 12.1 Å². The fourth-order valence-electron chi connectivity index (χ4n) is 4.57. The highest BCUT2D eigenvalue weighted by Gasteiger charge is 2.33. The monoisotopic (exact) mass is 559 g/mol. The molecule has 1 N–H and O–H groups in total. The Morgan fingerprint density at radius 3 is 2.38 bits per heavy atom. The van der Waals surface area contributed by atoms with E-state index in [9.17, 15) is 9.59 Å². The van der Waals surface area contributed by atoms with Crippen LogP contribution in [0.5, 0.6) is 0 Å². The van der Waals surface area contributed by atoms with Gasteiger partial charge in [-0.25, -0.2) is 9.59 Å². The maximum absolute atomic E-state index is 12.8. The summed E-state index contributed by atoms with van der Waals surface area (Å²) in [7, 11) is 3.28. The molecule has 216 valence electrons. The zero-order valence-electron chi connectivity index (χ0n) is 24.7. The molecule has 2 aliphatic rings. The minimum atomic E-state index is -0.522. The smallest absolute Gasteiger partial charge is 0.410 e. The number of hydrogen-bond acceptors (Lipinski definition) is 6. The van der Waals surface area contributed by atoms with Gasteiger partial charge in [0.15, 0.2) is 0 Å². The van der Waals surface area contributed by atoms with E-state index in [2.05, 4.69) is 36.2 Å². The van der Waals surface area contributed by atoms with Crippen LogP contribution in [0.25, 0.3) is 6.08 Å². The van der Waals surface area contributed by atoms with E-state index in [4.69, 9.17) is 21.1 Å². The molecule has 1 unspecified atom stereocenters. The fourth-order valence-corrected chi connectivity index (χ4v) is 4.75. The standard InChI is InChI=1S/C28H38ClN3O4.C3H8/c1-28(2,3)36-27(34)32-15-13-31(14-16-32)25-19-20(9-7-6-8-12-30-4)24(26(33)35-5)18-21-17-22(29)10-11-23(21)25;1-3-2/h8-12,17-18,25,30H,6-7,13-16,19H2,1-5H3;3H2,1-2H3/b12-8-,20-9+;. The van der Waals surface area contributed by atoms with Crippen LogP contribution in [0.15, 0.2) is 47.7 Å². The first kappa shape index (κ1) is 32.4. The van der Waals surface area contributed by atoms with Crippen molar-refractivity contribution in [1.82, 2.24) is 15.1 Å². The van der Waals surface area contributed by atoms with Crippen LogP contribution in [-0.2, 0) is 14.3 Å². The fraction of sp³-hybridized carbons (Fsp3) is 0.548. The lowest BCUT2D eigenvalue weighted by Gasteiger charge is -2.40. The average Bonchev–Trinajstić information content (AvgIpc) is 3.04. The van der Waals surface area contributed by atoms with Crippen molar-refractivity contribution in [2.75, 3.05) is 40.3 Å². The Balaban J connectivity index is 0.00000170. The van der Waals surface area contributed by atoms with Crippen LogP contribution in [-0.4, -0.2) is 67.8 Å². The summed E-state index contributed by atoms with van der Waals surface area (Å²) in [6, 6.07) is 5.89. The lowest BCUT2D eigenvalue weighted by molar-refractivity contribution is -0.135. The van der Waals surface area contributed by atoms with Gasteiger partial charge in [-0.1, -0.05) is 50.1 Å². The summed E-state index contributed by atoms with van der Waals surface area (Å²) in [5.74, 6) is -0.353. The minimum absolute atomic E-state index is 0.0376. The Bertz CT molecular complexity index is 1050. The Morgan fingerprint density at radius 1 is 1.13 bits per heavy atom. The second-order valence-electron chi connectivity index (χ2n) is 10.8. The Labute approximate surface area is 239 Å². The number of benzene rings is 1. The van der Waals surface area contributed by atoms with Crippen molar-refractivity contribution in [3.8, 4) is 0 Å². The molecule has 7 nitrogen and oxygen atoms in total. The normalized spacial score (nSPS) is 19.0. The van der Waals surface area contributed by atoms with Gasteiger partial charge < -0.3 is 19.7 Å². The summed E-state index contributed by atoms with van der Waals surface area (Å²) < 4.78 is 10.7. The predicted octanol–water partition coefficient (Wildman–Crippen LogP) is 6.75. The van der Waals surface area contributed by atoms with Gasteiger partial charge in [-0.05, 0) is 81.1 Å². The molecule has 8 heteroatoms. The second-order valence-corrected chi connectivity index (χ2v) is 11.2. The lowest BCUT2D eigenvalue weighted by atomic mass is 9.94. The predicted molar refractivity (Wildman–Crippen MR) is 160 cm³/mol. The van der Waals surface area contributed by atoms with Gasteiger partial charge in [0.05, 0.1) is 12.7 Å². The van der Waals surface area contributed by atoms with Crippen LogP contribution in [0.4, 0.5) is 4.79 Å². The van der Waals surface area contributed by atoms with Gasteiger partial charge in [0.25, 0.3) is 0 Å². The van der Waals surface area contributed by atoms with Gasteiger partial charge in [0, 0.05) is 44.3 Å². The number of piperazine rings is 1. The first-order valence-corrected chi connectivity index (χ1v) is 14.2. The Morgan fingerprint density at radius 2 is 1.79 bits per heavy atom.